The molecule has 0 atom stereocenters. The van der Waals surface area contributed by atoms with E-state index in [9.17, 15) is 4.79 Å². The monoisotopic (exact) mass is 381 g/mol. The summed E-state index contributed by atoms with van der Waals surface area (Å²) < 4.78 is 0. The Bertz CT molecular complexity index is 754. The second-order valence-electron chi connectivity index (χ2n) is 5.78. The van der Waals surface area contributed by atoms with Crippen LogP contribution in [0.4, 0.5) is 5.13 Å². The van der Waals surface area contributed by atoms with Gasteiger partial charge in [-0.25, -0.2) is 0 Å². The van der Waals surface area contributed by atoms with Crippen molar-refractivity contribution in [1.82, 2.24) is 10.2 Å². The van der Waals surface area contributed by atoms with Gasteiger partial charge in [-0.2, -0.15) is 0 Å². The standard InChI is InChI=1S/C17H17Cl2N3OS/c18-13-8-6-11(10-14(13)19)7-9-15(23)20-17-22-21-16(24-17)12-4-2-1-3-5-12/h6-10,12H,1-5H2,(H,20,22,23)/b9-7+. The van der Waals surface area contributed by atoms with E-state index in [1.165, 1.54) is 49.5 Å². The van der Waals surface area contributed by atoms with Crippen LogP contribution < -0.4 is 5.32 Å². The zero-order valence-electron chi connectivity index (χ0n) is 13.0. The summed E-state index contributed by atoms with van der Waals surface area (Å²) >= 11 is 13.3. The van der Waals surface area contributed by atoms with Gasteiger partial charge >= 0.3 is 0 Å². The van der Waals surface area contributed by atoms with Crippen LogP contribution in [-0.2, 0) is 4.79 Å². The topological polar surface area (TPSA) is 54.9 Å². The molecule has 0 bridgehead atoms. The Balaban J connectivity index is 1.59. The van der Waals surface area contributed by atoms with Crippen molar-refractivity contribution >= 4 is 51.7 Å². The average Bonchev–Trinajstić information content (AvgIpc) is 3.05. The molecule has 1 fully saturated rings. The second kappa shape index (κ2) is 8.10. The number of nitrogens with zero attached hydrogens (tertiary/aromatic N) is 2. The Hall–Kier alpha value is -1.43. The molecule has 0 saturated heterocycles. The fourth-order valence-electron chi connectivity index (χ4n) is 2.73. The predicted molar refractivity (Wildman–Crippen MR) is 99.9 cm³/mol. The van der Waals surface area contributed by atoms with E-state index in [-0.39, 0.29) is 5.91 Å². The van der Waals surface area contributed by atoms with Crippen molar-refractivity contribution in [2.75, 3.05) is 5.32 Å². The summed E-state index contributed by atoms with van der Waals surface area (Å²) in [5.74, 6) is 0.251. The van der Waals surface area contributed by atoms with E-state index in [0.29, 0.717) is 21.1 Å². The van der Waals surface area contributed by atoms with E-state index in [4.69, 9.17) is 23.2 Å². The highest BCUT2D eigenvalue weighted by Gasteiger charge is 2.19. The van der Waals surface area contributed by atoms with Gasteiger partial charge in [0.25, 0.3) is 0 Å². The second-order valence-corrected chi connectivity index (χ2v) is 7.60. The molecule has 126 valence electrons. The third kappa shape index (κ3) is 4.56. The van der Waals surface area contributed by atoms with Crippen molar-refractivity contribution in [2.45, 2.75) is 38.0 Å². The number of nitrogens with one attached hydrogen (secondary N) is 1. The van der Waals surface area contributed by atoms with Crippen LogP contribution in [-0.4, -0.2) is 16.1 Å². The van der Waals surface area contributed by atoms with Crippen LogP contribution in [0, 0.1) is 0 Å². The van der Waals surface area contributed by atoms with Crippen LogP contribution in [0.2, 0.25) is 10.0 Å². The SMILES string of the molecule is O=C(/C=C/c1ccc(Cl)c(Cl)c1)Nc1nnc(C2CCCCC2)s1. The number of rotatable bonds is 4. The molecule has 1 N–H and O–H groups in total. The number of anilines is 1. The van der Waals surface area contributed by atoms with Crippen molar-refractivity contribution < 1.29 is 4.79 Å². The summed E-state index contributed by atoms with van der Waals surface area (Å²) in [6.45, 7) is 0. The quantitative estimate of drug-likeness (QED) is 0.706. The first-order valence-electron chi connectivity index (χ1n) is 7.89. The maximum Gasteiger partial charge on any atom is 0.250 e. The number of benzene rings is 1. The van der Waals surface area contributed by atoms with Gasteiger partial charge in [0.1, 0.15) is 5.01 Å². The fourth-order valence-corrected chi connectivity index (χ4v) is 3.96. The van der Waals surface area contributed by atoms with E-state index in [1.807, 2.05) is 0 Å². The molecule has 3 rings (SSSR count). The molecule has 1 aliphatic carbocycles. The lowest BCUT2D eigenvalue weighted by Crippen LogP contribution is -2.07. The highest BCUT2D eigenvalue weighted by Crippen LogP contribution is 2.35. The van der Waals surface area contributed by atoms with Gasteiger partial charge in [-0.05, 0) is 36.6 Å². The summed E-state index contributed by atoms with van der Waals surface area (Å²) in [7, 11) is 0. The van der Waals surface area contributed by atoms with Gasteiger partial charge in [-0.3, -0.25) is 10.1 Å². The first kappa shape index (κ1) is 17.4. The van der Waals surface area contributed by atoms with Crippen molar-refractivity contribution in [3.05, 3.63) is 44.9 Å². The Morgan fingerprint density at radius 3 is 2.71 bits per heavy atom. The number of carbonyl (C=O) groups excluding carboxylic acids is 1. The molecule has 1 amide bonds. The summed E-state index contributed by atoms with van der Waals surface area (Å²) in [6.07, 6.45) is 9.26. The zero-order valence-corrected chi connectivity index (χ0v) is 15.3. The van der Waals surface area contributed by atoms with Gasteiger partial charge in [-0.1, -0.05) is 59.9 Å². The lowest BCUT2D eigenvalue weighted by molar-refractivity contribution is -0.111. The molecular weight excluding hydrogens is 365 g/mol. The van der Waals surface area contributed by atoms with Crippen LogP contribution in [0.15, 0.2) is 24.3 Å². The first-order valence-corrected chi connectivity index (χ1v) is 9.46. The van der Waals surface area contributed by atoms with Crippen LogP contribution in [0.3, 0.4) is 0 Å². The number of aromatic nitrogens is 2. The van der Waals surface area contributed by atoms with Gasteiger partial charge in [0, 0.05) is 12.0 Å². The smallest absolute Gasteiger partial charge is 0.250 e. The number of hydrogen-bond donors (Lipinski definition) is 1. The fraction of sp³-hybridized carbons (Fsp3) is 0.353. The minimum Gasteiger partial charge on any atom is -0.297 e. The molecule has 4 nitrogen and oxygen atoms in total. The highest BCUT2D eigenvalue weighted by atomic mass is 35.5. The van der Waals surface area contributed by atoms with E-state index in [2.05, 4.69) is 15.5 Å². The molecule has 0 radical (unpaired) electrons. The third-order valence-electron chi connectivity index (χ3n) is 4.00. The Morgan fingerprint density at radius 1 is 1.17 bits per heavy atom. The molecule has 0 spiro atoms. The van der Waals surface area contributed by atoms with E-state index < -0.39 is 0 Å². The number of amides is 1. The Kier molecular flexibility index (Phi) is 5.87. The van der Waals surface area contributed by atoms with Gasteiger partial charge in [0.05, 0.1) is 10.0 Å². The predicted octanol–water partition coefficient (Wildman–Crippen LogP) is 5.54. The van der Waals surface area contributed by atoms with Crippen molar-refractivity contribution in [3.63, 3.8) is 0 Å². The molecule has 1 heterocycles. The number of hydrogen-bond acceptors (Lipinski definition) is 4. The summed E-state index contributed by atoms with van der Waals surface area (Å²) in [4.78, 5) is 12.0. The van der Waals surface area contributed by atoms with Gasteiger partial charge in [0.2, 0.25) is 11.0 Å². The van der Waals surface area contributed by atoms with E-state index in [0.717, 1.165) is 10.6 Å². The third-order valence-corrected chi connectivity index (χ3v) is 5.74. The van der Waals surface area contributed by atoms with E-state index >= 15 is 0 Å². The Labute approximate surface area is 154 Å². The molecule has 1 aliphatic rings. The normalized spacial score (nSPS) is 15.8. The number of halogens is 2. The molecular formula is C17H17Cl2N3OS. The molecule has 1 saturated carbocycles. The van der Waals surface area contributed by atoms with Crippen molar-refractivity contribution in [2.24, 2.45) is 0 Å². The molecule has 7 heteroatoms. The van der Waals surface area contributed by atoms with Crippen molar-refractivity contribution in [1.29, 1.82) is 0 Å². The van der Waals surface area contributed by atoms with Gasteiger partial charge < -0.3 is 0 Å². The van der Waals surface area contributed by atoms with Gasteiger partial charge in [-0.15, -0.1) is 10.2 Å². The largest absolute Gasteiger partial charge is 0.297 e. The van der Waals surface area contributed by atoms with Gasteiger partial charge in [0.15, 0.2) is 0 Å². The van der Waals surface area contributed by atoms with Crippen LogP contribution in [0.25, 0.3) is 6.08 Å². The maximum atomic E-state index is 12.0. The molecule has 1 aromatic carbocycles. The van der Waals surface area contributed by atoms with Crippen molar-refractivity contribution in [3.8, 4) is 0 Å². The molecule has 0 unspecified atom stereocenters. The average molecular weight is 382 g/mol. The summed E-state index contributed by atoms with van der Waals surface area (Å²) in [6, 6.07) is 5.20. The van der Waals surface area contributed by atoms with Crippen LogP contribution >= 0.6 is 34.5 Å². The van der Waals surface area contributed by atoms with Crippen LogP contribution in [0.1, 0.15) is 48.6 Å². The minimum atomic E-state index is -0.243. The molecule has 24 heavy (non-hydrogen) atoms. The maximum absolute atomic E-state index is 12.0. The van der Waals surface area contributed by atoms with E-state index in [1.54, 1.807) is 24.3 Å². The minimum absolute atomic E-state index is 0.243. The molecule has 1 aromatic heterocycles. The molecule has 0 aliphatic heterocycles. The zero-order chi connectivity index (χ0) is 16.9. The lowest BCUT2D eigenvalue weighted by Gasteiger charge is -2.18. The van der Waals surface area contributed by atoms with Crippen LogP contribution in [0.5, 0.6) is 0 Å². The highest BCUT2D eigenvalue weighted by molar-refractivity contribution is 7.15. The lowest BCUT2D eigenvalue weighted by atomic mass is 9.90. The molecule has 2 aromatic rings. The first-order chi connectivity index (χ1) is 11.6. The number of carbonyl (C=O) groups is 1. The Morgan fingerprint density at radius 2 is 1.96 bits per heavy atom. The summed E-state index contributed by atoms with van der Waals surface area (Å²) in [5, 5.41) is 13.6. The summed E-state index contributed by atoms with van der Waals surface area (Å²) in [5.41, 5.74) is 0.805.